The Morgan fingerprint density at radius 1 is 0.388 bits per heavy atom. The maximum Gasteiger partial charge on any atom is 0.0437 e. The van der Waals surface area contributed by atoms with E-state index in [1.807, 2.05) is 45.3 Å². The lowest BCUT2D eigenvalue weighted by molar-refractivity contribution is 0.604. The van der Waals surface area contributed by atoms with Gasteiger partial charge in [0, 0.05) is 81.4 Å². The lowest BCUT2D eigenvalue weighted by Gasteiger charge is -2.19. The highest BCUT2D eigenvalue weighted by atomic mass is 32.1. The van der Waals surface area contributed by atoms with Crippen LogP contribution in [0.4, 0.5) is 0 Å². The number of fused-ring (bicyclic) bond motifs is 16. The summed E-state index contributed by atoms with van der Waals surface area (Å²) in [6.45, 7) is 21.2. The Kier molecular flexibility index (Phi) is 6.33. The Balaban J connectivity index is 1.54. The van der Waals surface area contributed by atoms with Gasteiger partial charge in [-0.3, -0.25) is 0 Å². The molecule has 0 unspecified atom stereocenters. The summed E-state index contributed by atoms with van der Waals surface area (Å²) in [6, 6.07) is 24.5. The predicted molar refractivity (Wildman–Crippen MR) is 228 cm³/mol. The van der Waals surface area contributed by atoms with Gasteiger partial charge in [0.2, 0.25) is 0 Å². The Labute approximate surface area is 303 Å². The van der Waals surface area contributed by atoms with E-state index >= 15 is 0 Å². The minimum Gasteiger partial charge on any atom is -0.139 e. The topological polar surface area (TPSA) is 0 Å². The molecule has 10 rings (SSSR count). The molecule has 6 aromatic carbocycles. The van der Waals surface area contributed by atoms with Gasteiger partial charge in [-0.25, -0.2) is 0 Å². The number of rotatable bonds is 3. The highest BCUT2D eigenvalue weighted by molar-refractivity contribution is 7.24. The summed E-state index contributed by atoms with van der Waals surface area (Å²) in [6.07, 6.45) is 0. The molecule has 0 radical (unpaired) electrons. The highest BCUT2D eigenvalue weighted by Gasteiger charge is 2.27. The fourth-order valence-electron chi connectivity index (χ4n) is 8.35. The molecule has 0 N–H and O–H groups in total. The summed E-state index contributed by atoms with van der Waals surface area (Å²) < 4.78 is 5.83. The van der Waals surface area contributed by atoms with Crippen molar-refractivity contribution in [2.45, 2.75) is 85.5 Å². The summed E-state index contributed by atoms with van der Waals surface area (Å²) in [4.78, 5) is 5.90. The van der Waals surface area contributed by atoms with Gasteiger partial charge in [-0.1, -0.05) is 98.7 Å². The second kappa shape index (κ2) is 10.2. The molecule has 0 atom stereocenters. The number of hydrogen-bond acceptors (Lipinski definition) is 4. The van der Waals surface area contributed by atoms with Crippen molar-refractivity contribution in [3.63, 3.8) is 0 Å². The Morgan fingerprint density at radius 3 is 1.00 bits per heavy atom. The van der Waals surface area contributed by atoms with Crippen molar-refractivity contribution in [1.82, 2.24) is 0 Å². The molecule has 0 fully saturated rings. The molecule has 0 spiro atoms. The molecule has 49 heavy (non-hydrogen) atoms. The fourth-order valence-corrected chi connectivity index (χ4v) is 13.4. The molecular formula is C45H40S4. The molecule has 0 saturated heterocycles. The fraction of sp³-hybridized carbons (Fsp3) is 0.289. The van der Waals surface area contributed by atoms with E-state index in [2.05, 4.69) is 123 Å². The van der Waals surface area contributed by atoms with Crippen LogP contribution in [-0.4, -0.2) is 0 Å². The van der Waals surface area contributed by atoms with Crippen molar-refractivity contribution >= 4 is 140 Å². The van der Waals surface area contributed by atoms with Gasteiger partial charge in [-0.2, -0.15) is 0 Å². The summed E-state index contributed by atoms with van der Waals surface area (Å²) in [5.41, 5.74) is 0.0917. The molecule has 0 saturated carbocycles. The van der Waals surface area contributed by atoms with Gasteiger partial charge in [0.25, 0.3) is 0 Å². The lowest BCUT2D eigenvalue weighted by Crippen LogP contribution is -2.07. The van der Waals surface area contributed by atoms with E-state index in [9.17, 15) is 0 Å². The number of thiophene rings is 4. The van der Waals surface area contributed by atoms with Gasteiger partial charge in [0.15, 0.2) is 0 Å². The zero-order valence-electron chi connectivity index (χ0n) is 29.6. The first-order chi connectivity index (χ1) is 23.4. The van der Waals surface area contributed by atoms with Crippen molar-refractivity contribution in [2.24, 2.45) is 0 Å². The zero-order chi connectivity index (χ0) is 33.8. The van der Waals surface area contributed by atoms with E-state index in [0.717, 1.165) is 0 Å². The second-order valence-corrected chi connectivity index (χ2v) is 20.5. The maximum absolute atomic E-state index is 2.53. The third-order valence-electron chi connectivity index (χ3n) is 10.9. The van der Waals surface area contributed by atoms with Crippen LogP contribution < -0.4 is 0 Å². The highest BCUT2D eigenvalue weighted by Crippen LogP contribution is 2.56. The first-order valence-electron chi connectivity index (χ1n) is 17.8. The quantitative estimate of drug-likeness (QED) is 0.127. The summed E-state index contributed by atoms with van der Waals surface area (Å²) >= 11 is 8.11. The third-order valence-corrected chi connectivity index (χ3v) is 16.8. The van der Waals surface area contributed by atoms with Crippen LogP contribution in [0.5, 0.6) is 0 Å². The normalized spacial score (nSPS) is 13.6. The van der Waals surface area contributed by atoms with Crippen LogP contribution in [0.2, 0.25) is 0 Å². The largest absolute Gasteiger partial charge is 0.139 e. The number of benzene rings is 6. The van der Waals surface area contributed by atoms with Gasteiger partial charge in [0.05, 0.1) is 0 Å². The minimum absolute atomic E-state index is 0.0917. The minimum atomic E-state index is 0.0917. The van der Waals surface area contributed by atoms with Crippen LogP contribution in [0, 0.1) is 0 Å². The molecule has 10 aromatic rings. The summed E-state index contributed by atoms with van der Waals surface area (Å²) in [5, 5.41) is 20.1. The molecule has 0 aliphatic rings. The van der Waals surface area contributed by atoms with Crippen molar-refractivity contribution in [1.29, 1.82) is 0 Å². The van der Waals surface area contributed by atoms with Crippen LogP contribution >= 0.6 is 45.3 Å². The maximum atomic E-state index is 2.53. The Hall–Kier alpha value is -3.28. The zero-order valence-corrected chi connectivity index (χ0v) is 32.9. The smallest absolute Gasteiger partial charge is 0.0437 e. The van der Waals surface area contributed by atoms with Gasteiger partial charge in [0.1, 0.15) is 0 Å². The van der Waals surface area contributed by atoms with Crippen molar-refractivity contribution in [3.05, 3.63) is 80.2 Å². The Morgan fingerprint density at radius 2 is 0.694 bits per heavy atom. The third kappa shape index (κ3) is 4.01. The molecule has 4 heterocycles. The van der Waals surface area contributed by atoms with E-state index < -0.39 is 0 Å². The van der Waals surface area contributed by atoms with Crippen molar-refractivity contribution in [2.75, 3.05) is 0 Å². The van der Waals surface area contributed by atoms with E-state index in [0.29, 0.717) is 17.8 Å². The van der Waals surface area contributed by atoms with E-state index in [4.69, 9.17) is 0 Å². The SMILES string of the molecule is CC(C)c1cc2c3cc(C(C)C)sc3c3c4cccc5c4c4c(cccc4c4c6sc(C(C)C)cc6c6cc(C(C)(C)C)sc6c54)c3c2s1. The summed E-state index contributed by atoms with van der Waals surface area (Å²) in [7, 11) is 0. The van der Waals surface area contributed by atoms with E-state index in [1.165, 1.54) is 114 Å². The standard InChI is InChI=1S/C45H40S4/c1-20(2)31-16-27-28-17-32(21(3)4)47-42(28)38-24-13-11-15-26-36(24)35-23(37(38)41(27)46-31)12-10-14-25(35)39-40(26)44-30(19-34(49-44)45(7,8)9)29-18-33(22(5)6)48-43(29)39/h10-22H,1-9H3. The average Bonchev–Trinajstić information content (AvgIpc) is 3.86. The van der Waals surface area contributed by atoms with Gasteiger partial charge >= 0.3 is 0 Å². The molecule has 4 aromatic heterocycles. The van der Waals surface area contributed by atoms with Gasteiger partial charge < -0.3 is 0 Å². The van der Waals surface area contributed by atoms with Crippen LogP contribution in [-0.2, 0) is 5.41 Å². The summed E-state index contributed by atoms with van der Waals surface area (Å²) in [5.74, 6) is 1.49. The van der Waals surface area contributed by atoms with Crippen LogP contribution in [0.15, 0.2) is 60.7 Å². The van der Waals surface area contributed by atoms with Crippen LogP contribution in [0.1, 0.15) is 99.6 Å². The monoisotopic (exact) mass is 708 g/mol. The molecule has 0 amide bonds. The predicted octanol–water partition coefficient (Wildman–Crippen LogP) is 16.4. The molecule has 0 aliphatic heterocycles. The average molecular weight is 709 g/mol. The lowest BCUT2D eigenvalue weighted by atomic mass is 9.85. The van der Waals surface area contributed by atoms with Crippen molar-refractivity contribution in [3.8, 4) is 0 Å². The molecule has 244 valence electrons. The first-order valence-corrected chi connectivity index (χ1v) is 21.0. The number of hydrogen-bond donors (Lipinski definition) is 0. The van der Waals surface area contributed by atoms with Crippen molar-refractivity contribution < 1.29 is 0 Å². The van der Waals surface area contributed by atoms with Gasteiger partial charge in [-0.05, 0) is 79.8 Å². The van der Waals surface area contributed by atoms with Gasteiger partial charge in [-0.15, -0.1) is 45.3 Å². The molecule has 4 heteroatoms. The first kappa shape index (κ1) is 30.5. The molecular weight excluding hydrogens is 669 g/mol. The van der Waals surface area contributed by atoms with E-state index in [1.54, 1.807) is 0 Å². The Bertz CT molecular complexity index is 3000. The van der Waals surface area contributed by atoms with Crippen LogP contribution in [0.3, 0.4) is 0 Å². The van der Waals surface area contributed by atoms with Crippen LogP contribution in [0.25, 0.3) is 94.2 Å². The van der Waals surface area contributed by atoms with E-state index in [-0.39, 0.29) is 5.41 Å². The molecule has 0 aliphatic carbocycles. The second-order valence-electron chi connectivity index (χ2n) is 16.2. The molecule has 0 nitrogen and oxygen atoms in total. The molecule has 0 bridgehead atoms.